The fourth-order valence-corrected chi connectivity index (χ4v) is 0.499. The summed E-state index contributed by atoms with van der Waals surface area (Å²) in [4.78, 5) is 0. The Hall–Kier alpha value is 0.951. The van der Waals surface area contributed by atoms with Crippen molar-refractivity contribution < 1.29 is 21.7 Å². The van der Waals surface area contributed by atoms with E-state index in [1.54, 1.807) is 0 Å². The summed E-state index contributed by atoms with van der Waals surface area (Å²) in [6, 6.07) is 0.134. The average molecular weight is 331 g/mol. The number of rotatable bonds is 1. The number of allylic oxidation sites excluding steroid dienone is 4. The molecule has 1 unspecified atom stereocenters. The Morgan fingerprint density at radius 2 is 1.76 bits per heavy atom. The standard InChI is InChI=1S/C6H7.C4H10N.C2H7Si.2ClH.Ti/c1-6-4-2-3-5-6;1-3-4(2)5;1-3-2;;;/h4-5H,2H2,1H3;4-5H,3H2,1-2H3;3H,1-2H3;2*1H;/q2*-1;;;;+2. The van der Waals surface area contributed by atoms with Crippen LogP contribution in [0.15, 0.2) is 17.7 Å². The molecule has 5 heteroatoms. The molecule has 17 heavy (non-hydrogen) atoms. The van der Waals surface area contributed by atoms with Crippen LogP contribution in [0.3, 0.4) is 0 Å². The molecule has 0 amide bonds. The molecule has 0 aromatic heterocycles. The van der Waals surface area contributed by atoms with Crippen molar-refractivity contribution in [3.8, 4) is 0 Å². The van der Waals surface area contributed by atoms with Crippen LogP contribution in [0.2, 0.25) is 13.1 Å². The average Bonchev–Trinajstić information content (AvgIpc) is 2.58. The number of nitrogens with one attached hydrogen (secondary N) is 1. The number of hydrogen-bond donors (Lipinski definition) is 0. The third-order valence-electron chi connectivity index (χ3n) is 1.48. The van der Waals surface area contributed by atoms with E-state index in [0.717, 1.165) is 22.4 Å². The van der Waals surface area contributed by atoms with E-state index in [-0.39, 0.29) is 52.6 Å². The molecule has 0 spiro atoms. The normalized spacial score (nSPS) is 12.0. The Balaban J connectivity index is -0.0000000409. The van der Waals surface area contributed by atoms with Gasteiger partial charge in [-0.15, -0.1) is 44.2 Å². The summed E-state index contributed by atoms with van der Waals surface area (Å²) in [7, 11) is 0.750. The third kappa shape index (κ3) is 38.3. The molecule has 0 aromatic rings. The van der Waals surface area contributed by atoms with Gasteiger partial charge in [0.15, 0.2) is 0 Å². The maximum atomic E-state index is 6.83. The summed E-state index contributed by atoms with van der Waals surface area (Å²) in [5.41, 5.74) is 8.17. The Bertz CT molecular complexity index is 171. The molecule has 1 nitrogen and oxygen atoms in total. The van der Waals surface area contributed by atoms with Crippen molar-refractivity contribution in [2.24, 2.45) is 0 Å². The van der Waals surface area contributed by atoms with Gasteiger partial charge in [-0.05, 0) is 0 Å². The predicted octanol–water partition coefficient (Wildman–Crippen LogP) is 4.89. The summed E-state index contributed by atoms with van der Waals surface area (Å²) in [6.45, 7) is 10.4. The van der Waals surface area contributed by atoms with Crippen LogP contribution < -0.4 is 0 Å². The smallest absolute Gasteiger partial charge is 0.675 e. The molecule has 1 rings (SSSR count). The molecule has 0 saturated carbocycles. The van der Waals surface area contributed by atoms with Crippen LogP contribution in [-0.2, 0) is 21.7 Å². The van der Waals surface area contributed by atoms with E-state index in [1.807, 2.05) is 19.9 Å². The van der Waals surface area contributed by atoms with Crippen LogP contribution in [0.1, 0.15) is 33.6 Å². The van der Waals surface area contributed by atoms with Gasteiger partial charge in [0.2, 0.25) is 0 Å². The second-order valence-corrected chi connectivity index (χ2v) is 4.54. The van der Waals surface area contributed by atoms with Crippen LogP contribution in [0.25, 0.3) is 5.73 Å². The van der Waals surface area contributed by atoms with Crippen molar-refractivity contribution in [1.29, 1.82) is 0 Å². The molecule has 1 radical (unpaired) electrons. The maximum Gasteiger partial charge on any atom is 2.00 e. The predicted molar refractivity (Wildman–Crippen MR) is 83.6 cm³/mol. The van der Waals surface area contributed by atoms with Crippen molar-refractivity contribution in [2.75, 3.05) is 0 Å². The molecule has 1 aliphatic carbocycles. The minimum Gasteiger partial charge on any atom is -0.675 e. The second kappa shape index (κ2) is 25.7. The molecule has 0 aromatic carbocycles. The largest absolute Gasteiger partial charge is 2.00 e. The molecule has 0 heterocycles. The van der Waals surface area contributed by atoms with Crippen LogP contribution in [0, 0.1) is 6.08 Å². The van der Waals surface area contributed by atoms with Gasteiger partial charge in [-0.25, -0.2) is 11.6 Å². The van der Waals surface area contributed by atoms with Gasteiger partial charge in [-0.3, -0.25) is 6.08 Å². The fraction of sp³-hybridized carbons (Fsp3) is 0.667. The minimum atomic E-state index is 0. The van der Waals surface area contributed by atoms with Crippen LogP contribution in [0.4, 0.5) is 0 Å². The molecule has 0 fully saturated rings. The summed E-state index contributed by atoms with van der Waals surface area (Å²) in [6.07, 6.45) is 9.21. The summed E-state index contributed by atoms with van der Waals surface area (Å²) >= 11 is 0. The van der Waals surface area contributed by atoms with Gasteiger partial charge in [0.05, 0.1) is 0 Å². The van der Waals surface area contributed by atoms with E-state index in [0.29, 0.717) is 0 Å². The molecule has 0 saturated heterocycles. The summed E-state index contributed by atoms with van der Waals surface area (Å²) < 4.78 is 0. The fourth-order valence-electron chi connectivity index (χ4n) is 0.499. The monoisotopic (exact) mass is 330 g/mol. The summed E-state index contributed by atoms with van der Waals surface area (Å²) in [5, 5.41) is 0. The Kier molecular flexibility index (Phi) is 46.5. The minimum absolute atomic E-state index is 0. The van der Waals surface area contributed by atoms with E-state index in [4.69, 9.17) is 5.73 Å². The van der Waals surface area contributed by atoms with Gasteiger partial charge >= 0.3 is 21.7 Å². The zero-order valence-electron chi connectivity index (χ0n) is 11.5. The zero-order chi connectivity index (χ0) is 11.4. The zero-order valence-corrected chi connectivity index (χ0v) is 15.9. The van der Waals surface area contributed by atoms with Gasteiger partial charge in [0.1, 0.15) is 0 Å². The second-order valence-electron chi connectivity index (χ2n) is 3.39. The molecule has 1 N–H and O–H groups in total. The quantitative estimate of drug-likeness (QED) is 0.482. The van der Waals surface area contributed by atoms with Crippen molar-refractivity contribution in [3.05, 3.63) is 29.5 Å². The van der Waals surface area contributed by atoms with Crippen LogP contribution >= 0.6 is 24.8 Å². The summed E-state index contributed by atoms with van der Waals surface area (Å²) in [5.74, 6) is 0. The van der Waals surface area contributed by atoms with Gasteiger partial charge in [-0.1, -0.05) is 33.4 Å². The Morgan fingerprint density at radius 3 is 1.82 bits per heavy atom. The number of halogens is 2. The Morgan fingerprint density at radius 1 is 1.41 bits per heavy atom. The van der Waals surface area contributed by atoms with Gasteiger partial charge in [-0.2, -0.15) is 6.08 Å². The van der Waals surface area contributed by atoms with E-state index in [9.17, 15) is 0 Å². The molecule has 1 aliphatic rings. The molecule has 0 bridgehead atoms. The van der Waals surface area contributed by atoms with Gasteiger partial charge in [0, 0.05) is 9.52 Å². The van der Waals surface area contributed by atoms with Gasteiger partial charge in [0.25, 0.3) is 0 Å². The van der Waals surface area contributed by atoms with Crippen molar-refractivity contribution in [2.45, 2.75) is 52.7 Å². The topological polar surface area (TPSA) is 23.8 Å². The maximum absolute atomic E-state index is 6.83. The first-order chi connectivity index (χ1) is 6.58. The van der Waals surface area contributed by atoms with E-state index >= 15 is 0 Å². The van der Waals surface area contributed by atoms with E-state index < -0.39 is 0 Å². The Labute approximate surface area is 138 Å². The third-order valence-corrected chi connectivity index (χ3v) is 1.48. The van der Waals surface area contributed by atoms with Crippen molar-refractivity contribution in [3.63, 3.8) is 0 Å². The molecule has 1 atom stereocenters. The van der Waals surface area contributed by atoms with Crippen LogP contribution in [0.5, 0.6) is 0 Å². The van der Waals surface area contributed by atoms with Crippen molar-refractivity contribution in [1.82, 2.24) is 0 Å². The molecular formula is C12H26Cl2NSiTi. The number of hydrogen-bond acceptors (Lipinski definition) is 0. The van der Waals surface area contributed by atoms with E-state index in [2.05, 4.69) is 32.2 Å². The molecule has 101 valence electrons. The van der Waals surface area contributed by atoms with Crippen molar-refractivity contribution >= 4 is 34.3 Å². The van der Waals surface area contributed by atoms with Gasteiger partial charge < -0.3 is 5.73 Å². The first-order valence-corrected chi connectivity index (χ1v) is 7.57. The SMILES string of the molecule is CC1=CC[C-]=C1.CCC(C)[NH-].C[SiH]C.Cl.Cl.[Ti+2]. The molecular weight excluding hydrogens is 305 g/mol. The van der Waals surface area contributed by atoms with E-state index in [1.165, 1.54) is 5.57 Å². The molecule has 0 aliphatic heterocycles. The first-order valence-electron chi connectivity index (χ1n) is 5.26. The van der Waals surface area contributed by atoms with Crippen LogP contribution in [-0.4, -0.2) is 15.6 Å². The first kappa shape index (κ1) is 30.8.